The maximum Gasteiger partial charge on any atom is 0.269 e. The number of nitro groups is 1. The molecule has 0 spiro atoms. The van der Waals surface area contributed by atoms with Gasteiger partial charge in [-0.05, 0) is 37.5 Å². The third kappa shape index (κ3) is 3.05. The number of non-ortho nitro benzene ring substituents is 1. The number of hydrogen-bond acceptors (Lipinski definition) is 4. The first-order valence-corrected chi connectivity index (χ1v) is 8.94. The van der Waals surface area contributed by atoms with E-state index in [0.717, 1.165) is 24.1 Å². The SMILES string of the molecule is C[C@H]1C(=O)N(Cc2ccc([N+](=O)[O-])cc2)c2ccccc2N1C(=O)C1CC1. The number of hydrogen-bond donors (Lipinski definition) is 0. The summed E-state index contributed by atoms with van der Waals surface area (Å²) in [6, 6.07) is 13.0. The molecule has 27 heavy (non-hydrogen) atoms. The molecule has 1 aliphatic carbocycles. The minimum absolute atomic E-state index is 0.0123. The van der Waals surface area contributed by atoms with Crippen LogP contribution in [0.5, 0.6) is 0 Å². The molecule has 1 fully saturated rings. The van der Waals surface area contributed by atoms with Crippen molar-refractivity contribution in [3.05, 3.63) is 64.2 Å². The van der Waals surface area contributed by atoms with Gasteiger partial charge in [0.05, 0.1) is 22.8 Å². The third-order valence-electron chi connectivity index (χ3n) is 5.09. The van der Waals surface area contributed by atoms with E-state index in [9.17, 15) is 19.7 Å². The molecule has 1 atom stereocenters. The van der Waals surface area contributed by atoms with Gasteiger partial charge in [-0.25, -0.2) is 0 Å². The van der Waals surface area contributed by atoms with Crippen LogP contribution in [-0.2, 0) is 16.1 Å². The van der Waals surface area contributed by atoms with Crippen molar-refractivity contribution in [1.82, 2.24) is 0 Å². The first-order valence-electron chi connectivity index (χ1n) is 8.94. The lowest BCUT2D eigenvalue weighted by Crippen LogP contribution is -2.54. The topological polar surface area (TPSA) is 83.8 Å². The average molecular weight is 365 g/mol. The van der Waals surface area contributed by atoms with Crippen LogP contribution in [0.3, 0.4) is 0 Å². The molecule has 0 radical (unpaired) electrons. The van der Waals surface area contributed by atoms with E-state index < -0.39 is 11.0 Å². The minimum Gasteiger partial charge on any atom is -0.304 e. The lowest BCUT2D eigenvalue weighted by atomic mass is 10.0. The Morgan fingerprint density at radius 2 is 1.74 bits per heavy atom. The number of nitro benzene ring substituents is 1. The summed E-state index contributed by atoms with van der Waals surface area (Å²) in [6.07, 6.45) is 1.76. The third-order valence-corrected chi connectivity index (χ3v) is 5.09. The zero-order chi connectivity index (χ0) is 19.1. The van der Waals surface area contributed by atoms with Crippen LogP contribution in [0.2, 0.25) is 0 Å². The van der Waals surface area contributed by atoms with Crippen LogP contribution in [-0.4, -0.2) is 22.8 Å². The van der Waals surface area contributed by atoms with Gasteiger partial charge in [-0.15, -0.1) is 0 Å². The van der Waals surface area contributed by atoms with Gasteiger partial charge < -0.3 is 4.90 Å². The fourth-order valence-electron chi connectivity index (χ4n) is 3.46. The maximum atomic E-state index is 13.0. The standard InChI is InChI=1S/C20H19N3O4/c1-13-19(24)21(12-14-6-10-16(11-7-14)23(26)27)17-4-2-3-5-18(17)22(13)20(25)15-8-9-15/h2-7,10-11,13,15H,8-9,12H2,1H3/t13-/m0/s1. The van der Waals surface area contributed by atoms with Gasteiger partial charge in [0.25, 0.3) is 5.69 Å². The highest BCUT2D eigenvalue weighted by atomic mass is 16.6. The van der Waals surface area contributed by atoms with Gasteiger partial charge in [0.2, 0.25) is 11.8 Å². The Balaban J connectivity index is 1.68. The van der Waals surface area contributed by atoms with E-state index in [4.69, 9.17) is 0 Å². The molecule has 1 heterocycles. The number of anilines is 2. The Morgan fingerprint density at radius 3 is 2.33 bits per heavy atom. The quantitative estimate of drug-likeness (QED) is 0.615. The zero-order valence-electron chi connectivity index (χ0n) is 14.9. The predicted octanol–water partition coefficient (Wildman–Crippen LogP) is 3.27. The molecule has 2 amide bonds. The lowest BCUT2D eigenvalue weighted by Gasteiger charge is -2.40. The molecule has 4 rings (SSSR count). The molecule has 1 saturated carbocycles. The van der Waals surface area contributed by atoms with Crippen molar-refractivity contribution < 1.29 is 14.5 Å². The second-order valence-electron chi connectivity index (χ2n) is 7.00. The van der Waals surface area contributed by atoms with Gasteiger partial charge in [0.15, 0.2) is 0 Å². The van der Waals surface area contributed by atoms with E-state index in [2.05, 4.69) is 0 Å². The summed E-state index contributed by atoms with van der Waals surface area (Å²) >= 11 is 0. The number of para-hydroxylation sites is 2. The first-order chi connectivity index (χ1) is 13.0. The molecule has 0 saturated heterocycles. The highest BCUT2D eigenvalue weighted by Crippen LogP contribution is 2.41. The second-order valence-corrected chi connectivity index (χ2v) is 7.00. The molecule has 2 aromatic carbocycles. The van der Waals surface area contributed by atoms with Gasteiger partial charge in [0.1, 0.15) is 6.04 Å². The monoisotopic (exact) mass is 365 g/mol. The first kappa shape index (κ1) is 17.2. The summed E-state index contributed by atoms with van der Waals surface area (Å²) in [6.45, 7) is 2.05. The van der Waals surface area contributed by atoms with Crippen LogP contribution < -0.4 is 9.80 Å². The molecule has 0 bridgehead atoms. The number of carbonyl (C=O) groups is 2. The van der Waals surface area contributed by atoms with Crippen LogP contribution in [0.25, 0.3) is 0 Å². The van der Waals surface area contributed by atoms with E-state index in [1.54, 1.807) is 28.9 Å². The highest BCUT2D eigenvalue weighted by Gasteiger charge is 2.43. The van der Waals surface area contributed by atoms with Gasteiger partial charge in [-0.2, -0.15) is 0 Å². The van der Waals surface area contributed by atoms with Crippen molar-refractivity contribution in [3.8, 4) is 0 Å². The van der Waals surface area contributed by atoms with Crippen molar-refractivity contribution in [2.45, 2.75) is 32.4 Å². The van der Waals surface area contributed by atoms with Crippen LogP contribution in [0.4, 0.5) is 17.1 Å². The van der Waals surface area contributed by atoms with E-state index in [1.165, 1.54) is 12.1 Å². The van der Waals surface area contributed by atoms with E-state index in [0.29, 0.717) is 12.2 Å². The van der Waals surface area contributed by atoms with Gasteiger partial charge in [-0.3, -0.25) is 24.6 Å². The second kappa shape index (κ2) is 6.50. The van der Waals surface area contributed by atoms with Crippen molar-refractivity contribution in [2.24, 2.45) is 5.92 Å². The Bertz CT molecular complexity index is 921. The zero-order valence-corrected chi connectivity index (χ0v) is 14.9. The molecule has 0 N–H and O–H groups in total. The van der Waals surface area contributed by atoms with Crippen LogP contribution >= 0.6 is 0 Å². The van der Waals surface area contributed by atoms with Gasteiger partial charge >= 0.3 is 0 Å². The molecular formula is C20H19N3O4. The van der Waals surface area contributed by atoms with Gasteiger partial charge in [-0.1, -0.05) is 24.3 Å². The molecule has 138 valence electrons. The molecule has 2 aromatic rings. The van der Waals surface area contributed by atoms with Gasteiger partial charge in [0, 0.05) is 18.1 Å². The lowest BCUT2D eigenvalue weighted by molar-refractivity contribution is -0.384. The Labute approximate surface area is 156 Å². The number of benzene rings is 2. The number of rotatable bonds is 4. The Morgan fingerprint density at radius 1 is 1.11 bits per heavy atom. The van der Waals surface area contributed by atoms with Crippen LogP contribution in [0.1, 0.15) is 25.3 Å². The average Bonchev–Trinajstić information content (AvgIpc) is 3.51. The molecule has 2 aliphatic rings. The smallest absolute Gasteiger partial charge is 0.269 e. The predicted molar refractivity (Wildman–Crippen MR) is 100 cm³/mol. The van der Waals surface area contributed by atoms with Crippen LogP contribution in [0.15, 0.2) is 48.5 Å². The molecule has 7 nitrogen and oxygen atoms in total. The summed E-state index contributed by atoms with van der Waals surface area (Å²) in [5.74, 6) is -0.117. The summed E-state index contributed by atoms with van der Waals surface area (Å²) < 4.78 is 0. The van der Waals surface area contributed by atoms with Crippen molar-refractivity contribution in [2.75, 3.05) is 9.80 Å². The number of fused-ring (bicyclic) bond motifs is 1. The number of nitrogens with zero attached hydrogens (tertiary/aromatic N) is 3. The highest BCUT2D eigenvalue weighted by molar-refractivity contribution is 6.13. The fraction of sp³-hybridized carbons (Fsp3) is 0.300. The molecule has 0 aromatic heterocycles. The van der Waals surface area contributed by atoms with E-state index >= 15 is 0 Å². The minimum atomic E-state index is -0.578. The molecule has 7 heteroatoms. The van der Waals surface area contributed by atoms with Crippen molar-refractivity contribution >= 4 is 28.9 Å². The summed E-state index contributed by atoms with van der Waals surface area (Å²) in [4.78, 5) is 39.4. The fourth-order valence-corrected chi connectivity index (χ4v) is 3.46. The summed E-state index contributed by atoms with van der Waals surface area (Å²) in [5, 5.41) is 10.8. The number of amides is 2. The maximum absolute atomic E-state index is 13.0. The largest absolute Gasteiger partial charge is 0.304 e. The molecule has 0 unspecified atom stereocenters. The Kier molecular flexibility index (Phi) is 4.14. The van der Waals surface area contributed by atoms with E-state index in [1.807, 2.05) is 24.3 Å². The van der Waals surface area contributed by atoms with E-state index in [-0.39, 0.29) is 23.4 Å². The normalized spacial score (nSPS) is 19.0. The summed E-state index contributed by atoms with van der Waals surface area (Å²) in [7, 11) is 0. The van der Waals surface area contributed by atoms with Crippen molar-refractivity contribution in [1.29, 1.82) is 0 Å². The summed E-state index contributed by atoms with van der Waals surface area (Å²) in [5.41, 5.74) is 2.23. The van der Waals surface area contributed by atoms with Crippen LogP contribution in [0, 0.1) is 16.0 Å². The number of carbonyl (C=O) groups excluding carboxylic acids is 2. The molecular weight excluding hydrogens is 346 g/mol. The molecule has 1 aliphatic heterocycles. The Hall–Kier alpha value is -3.22. The van der Waals surface area contributed by atoms with Crippen molar-refractivity contribution in [3.63, 3.8) is 0 Å².